The van der Waals surface area contributed by atoms with Crippen LogP contribution in [0.2, 0.25) is 0 Å². The minimum absolute atomic E-state index is 0.645. The number of benzene rings is 12. The van der Waals surface area contributed by atoms with Crippen LogP contribution in [0.4, 0.5) is 17.1 Å². The SMILES string of the molecule is COc1ccc(C2(c3ccc(N(c4ccc(C5(c6ccc(OC)cc6)c6ccccc6-c6ccccc65)cc4OC)c4ccc(C5(c6ccc(OC)cc6)c6ccccc6-c6ccccc65)cc4OC)c(OC)c3)c3ccccc3-c3ccccc32)cc1. The summed E-state index contributed by atoms with van der Waals surface area (Å²) in [4.78, 5) is 2.25. The van der Waals surface area contributed by atoms with Gasteiger partial charge in [-0.3, -0.25) is 4.90 Å². The fourth-order valence-electron chi connectivity index (χ4n) is 15.3. The number of hydrogen-bond donors (Lipinski definition) is 0. The van der Waals surface area contributed by atoms with Crippen molar-refractivity contribution >= 4 is 17.1 Å². The molecule has 7 nitrogen and oxygen atoms in total. The molecule has 0 fully saturated rings. The molecule has 0 saturated carbocycles. The number of hydrogen-bond acceptors (Lipinski definition) is 7. The predicted octanol–water partition coefficient (Wildman–Crippen LogP) is 18.3. The van der Waals surface area contributed by atoms with Crippen molar-refractivity contribution < 1.29 is 28.4 Å². The Morgan fingerprint density at radius 1 is 0.216 bits per heavy atom. The number of fused-ring (bicyclic) bond motifs is 9. The van der Waals surface area contributed by atoms with Crippen molar-refractivity contribution in [2.24, 2.45) is 0 Å². The summed E-state index contributed by atoms with van der Waals surface area (Å²) < 4.78 is 37.7. The molecular formula is C81H63NO6. The predicted molar refractivity (Wildman–Crippen MR) is 352 cm³/mol. The van der Waals surface area contributed by atoms with Crippen molar-refractivity contribution in [3.63, 3.8) is 0 Å². The third-order valence-corrected chi connectivity index (χ3v) is 19.0. The van der Waals surface area contributed by atoms with E-state index < -0.39 is 16.2 Å². The Morgan fingerprint density at radius 3 is 0.625 bits per heavy atom. The van der Waals surface area contributed by atoms with Crippen LogP contribution in [-0.2, 0) is 16.2 Å². The van der Waals surface area contributed by atoms with Gasteiger partial charge in [-0.05, 0) is 173 Å². The van der Waals surface area contributed by atoms with Gasteiger partial charge >= 0.3 is 0 Å². The molecule has 3 aliphatic rings. The molecule has 12 aromatic carbocycles. The first kappa shape index (κ1) is 53.9. The lowest BCUT2D eigenvalue weighted by atomic mass is 9.67. The van der Waals surface area contributed by atoms with Gasteiger partial charge in [0.15, 0.2) is 0 Å². The maximum atomic E-state index is 6.80. The second-order valence-corrected chi connectivity index (χ2v) is 22.7. The number of anilines is 3. The van der Waals surface area contributed by atoms with Crippen LogP contribution in [-0.4, -0.2) is 42.7 Å². The van der Waals surface area contributed by atoms with Gasteiger partial charge in [0.1, 0.15) is 34.5 Å². The second-order valence-electron chi connectivity index (χ2n) is 22.7. The van der Waals surface area contributed by atoms with Crippen LogP contribution in [0.5, 0.6) is 34.5 Å². The Bertz CT molecular complexity index is 4060. The van der Waals surface area contributed by atoms with Crippen molar-refractivity contribution in [3.05, 3.63) is 340 Å². The highest BCUT2D eigenvalue weighted by molar-refractivity contribution is 5.93. The third-order valence-electron chi connectivity index (χ3n) is 19.0. The van der Waals surface area contributed by atoms with E-state index in [9.17, 15) is 0 Å². The summed E-state index contributed by atoms with van der Waals surface area (Å²) in [5, 5.41) is 0. The van der Waals surface area contributed by atoms with Crippen LogP contribution in [0.3, 0.4) is 0 Å². The zero-order valence-electron chi connectivity index (χ0n) is 49.9. The Hall–Kier alpha value is -10.8. The molecular weight excluding hydrogens is 1080 g/mol. The maximum absolute atomic E-state index is 6.80. The number of ether oxygens (including phenoxy) is 6. The van der Waals surface area contributed by atoms with Gasteiger partial charge in [-0.1, -0.05) is 200 Å². The van der Waals surface area contributed by atoms with E-state index in [1.807, 2.05) is 0 Å². The minimum atomic E-state index is -0.734. The van der Waals surface area contributed by atoms with E-state index in [4.69, 9.17) is 28.4 Å². The van der Waals surface area contributed by atoms with Crippen molar-refractivity contribution in [2.75, 3.05) is 47.6 Å². The van der Waals surface area contributed by atoms with E-state index >= 15 is 0 Å². The molecule has 15 rings (SSSR count). The molecule has 0 spiro atoms. The molecule has 0 unspecified atom stereocenters. The molecule has 3 aliphatic carbocycles. The summed E-state index contributed by atoms with van der Waals surface area (Å²) >= 11 is 0. The van der Waals surface area contributed by atoms with Crippen LogP contribution in [0, 0.1) is 0 Å². The molecule has 0 saturated heterocycles. The fraction of sp³-hybridized carbons (Fsp3) is 0.111. The molecule has 88 heavy (non-hydrogen) atoms. The standard InChI is InChI=1S/C81H63NO6/c1-83-58-40-31-52(32-41-58)79(67-25-13-7-19-61(67)62-20-8-14-26-68(62)79)55-37-46-73(76(49-55)86-4)82(74-47-38-56(50-77(74)87-5)80(53-33-42-59(84-2)43-34-53)69-27-15-9-21-63(69)64-22-10-16-28-70(64)80)75-48-39-57(51-78(75)88-6)81(54-35-44-60(85-3)45-36-54)71-29-17-11-23-65(71)66-24-12-18-30-72(66)81/h7-51H,1-6H3. The van der Waals surface area contributed by atoms with Gasteiger partial charge in [-0.15, -0.1) is 0 Å². The summed E-state index contributed by atoms with van der Waals surface area (Å²) in [6, 6.07) is 98.3. The highest BCUT2D eigenvalue weighted by atomic mass is 16.5. The van der Waals surface area contributed by atoms with E-state index in [1.54, 1.807) is 42.7 Å². The van der Waals surface area contributed by atoms with Gasteiger partial charge in [-0.25, -0.2) is 0 Å². The van der Waals surface area contributed by atoms with Crippen LogP contribution in [0.1, 0.15) is 66.8 Å². The normalized spacial score (nSPS) is 13.8. The molecule has 0 amide bonds. The fourth-order valence-corrected chi connectivity index (χ4v) is 15.3. The topological polar surface area (TPSA) is 58.6 Å². The zero-order valence-corrected chi connectivity index (χ0v) is 49.9. The van der Waals surface area contributed by atoms with Crippen LogP contribution in [0.25, 0.3) is 33.4 Å². The lowest BCUT2D eigenvalue weighted by Crippen LogP contribution is -2.29. The van der Waals surface area contributed by atoms with E-state index in [0.717, 1.165) is 67.7 Å². The Kier molecular flexibility index (Phi) is 13.1. The van der Waals surface area contributed by atoms with E-state index in [2.05, 4.69) is 278 Å². The molecule has 0 atom stereocenters. The van der Waals surface area contributed by atoms with Crippen molar-refractivity contribution in [1.29, 1.82) is 0 Å². The molecule has 0 heterocycles. The molecule has 0 bridgehead atoms. The largest absolute Gasteiger partial charge is 0.497 e. The summed E-state index contributed by atoms with van der Waals surface area (Å²) in [6.07, 6.45) is 0. The maximum Gasteiger partial charge on any atom is 0.143 e. The average Bonchev–Trinajstić information content (AvgIpc) is 1.59. The number of nitrogens with zero attached hydrogens (tertiary/aromatic N) is 1. The van der Waals surface area contributed by atoms with E-state index in [-0.39, 0.29) is 0 Å². The summed E-state index contributed by atoms with van der Waals surface area (Å²) in [7, 11) is 10.4. The lowest BCUT2D eigenvalue weighted by molar-refractivity contribution is 0.408. The molecule has 0 aromatic heterocycles. The van der Waals surface area contributed by atoms with Gasteiger partial charge in [0.05, 0.1) is 76.0 Å². The molecule has 0 N–H and O–H groups in total. The van der Waals surface area contributed by atoms with Crippen LogP contribution in [0.15, 0.2) is 273 Å². The average molecular weight is 1150 g/mol. The molecule has 12 aromatic rings. The van der Waals surface area contributed by atoms with Gasteiger partial charge in [0.2, 0.25) is 0 Å². The summed E-state index contributed by atoms with van der Waals surface area (Å²) in [6.45, 7) is 0. The summed E-state index contributed by atoms with van der Waals surface area (Å²) in [5.41, 5.74) is 20.8. The van der Waals surface area contributed by atoms with Gasteiger partial charge in [0, 0.05) is 0 Å². The highest BCUT2D eigenvalue weighted by Gasteiger charge is 2.50. The van der Waals surface area contributed by atoms with E-state index in [1.165, 1.54) is 66.8 Å². The molecule has 0 aliphatic heterocycles. The van der Waals surface area contributed by atoms with Crippen molar-refractivity contribution in [2.45, 2.75) is 16.2 Å². The van der Waals surface area contributed by atoms with Crippen LogP contribution >= 0.6 is 0 Å². The minimum Gasteiger partial charge on any atom is -0.497 e. The first-order chi connectivity index (χ1) is 43.4. The smallest absolute Gasteiger partial charge is 0.143 e. The number of rotatable bonds is 15. The third kappa shape index (κ3) is 7.69. The van der Waals surface area contributed by atoms with E-state index in [0.29, 0.717) is 17.2 Å². The summed E-state index contributed by atoms with van der Waals surface area (Å²) in [5.74, 6) is 4.29. The second kappa shape index (κ2) is 21.3. The number of methoxy groups -OCH3 is 6. The monoisotopic (exact) mass is 1150 g/mol. The first-order valence-corrected chi connectivity index (χ1v) is 29.7. The molecule has 428 valence electrons. The van der Waals surface area contributed by atoms with Crippen molar-refractivity contribution in [3.8, 4) is 67.9 Å². The zero-order chi connectivity index (χ0) is 59.7. The Balaban J connectivity index is 0.990. The highest BCUT2D eigenvalue weighted by Crippen LogP contribution is 2.62. The molecule has 0 radical (unpaired) electrons. The Labute approximate surface area is 514 Å². The van der Waals surface area contributed by atoms with Crippen molar-refractivity contribution in [1.82, 2.24) is 0 Å². The van der Waals surface area contributed by atoms with Crippen LogP contribution < -0.4 is 33.3 Å². The van der Waals surface area contributed by atoms with Gasteiger partial charge < -0.3 is 28.4 Å². The Morgan fingerprint density at radius 2 is 0.420 bits per heavy atom. The van der Waals surface area contributed by atoms with Gasteiger partial charge in [-0.2, -0.15) is 0 Å². The lowest BCUT2D eigenvalue weighted by Gasteiger charge is -2.37. The molecule has 7 heteroatoms. The quantitative estimate of drug-likeness (QED) is 0.101. The van der Waals surface area contributed by atoms with Gasteiger partial charge in [0.25, 0.3) is 0 Å². The first-order valence-electron chi connectivity index (χ1n) is 29.7.